The van der Waals surface area contributed by atoms with E-state index in [1.807, 2.05) is 0 Å². The second-order valence-corrected chi connectivity index (χ2v) is 6.41. The Morgan fingerprint density at radius 2 is 2.17 bits per heavy atom. The van der Waals surface area contributed by atoms with Crippen molar-refractivity contribution in [2.75, 3.05) is 16.8 Å². The number of nitrogens with one attached hydrogen (secondary N) is 1. The molecule has 0 aromatic heterocycles. The molecule has 0 spiro atoms. The van der Waals surface area contributed by atoms with E-state index >= 15 is 0 Å². The number of hydrogen-bond donors (Lipinski definition) is 1. The van der Waals surface area contributed by atoms with Gasteiger partial charge in [-0.25, -0.2) is 0 Å². The van der Waals surface area contributed by atoms with Gasteiger partial charge in [-0.15, -0.1) is 0 Å². The SMILES string of the molecule is CC1CCc2cc(N3CC4CCC3C4)ccc2N1. The molecule has 3 unspecified atom stereocenters. The van der Waals surface area contributed by atoms with Gasteiger partial charge in [0.05, 0.1) is 0 Å². The molecule has 18 heavy (non-hydrogen) atoms. The molecular formula is C16H22N2. The molecule has 1 aromatic rings. The summed E-state index contributed by atoms with van der Waals surface area (Å²) in [6, 6.07) is 8.53. The minimum absolute atomic E-state index is 0.631. The number of piperidine rings is 1. The van der Waals surface area contributed by atoms with Gasteiger partial charge in [0, 0.05) is 30.0 Å². The lowest BCUT2D eigenvalue weighted by molar-refractivity contribution is 0.553. The van der Waals surface area contributed by atoms with Gasteiger partial charge in [0.25, 0.3) is 0 Å². The third kappa shape index (κ3) is 1.62. The van der Waals surface area contributed by atoms with Crippen molar-refractivity contribution >= 4 is 11.4 Å². The summed E-state index contributed by atoms with van der Waals surface area (Å²) < 4.78 is 0. The van der Waals surface area contributed by atoms with Gasteiger partial charge >= 0.3 is 0 Å². The van der Waals surface area contributed by atoms with Gasteiger partial charge in [-0.2, -0.15) is 0 Å². The van der Waals surface area contributed by atoms with Crippen molar-refractivity contribution in [3.05, 3.63) is 23.8 Å². The van der Waals surface area contributed by atoms with E-state index in [1.165, 1.54) is 55.6 Å². The molecule has 2 nitrogen and oxygen atoms in total. The Morgan fingerprint density at radius 1 is 1.22 bits per heavy atom. The molecule has 4 rings (SSSR count). The van der Waals surface area contributed by atoms with E-state index in [0.717, 1.165) is 12.0 Å². The van der Waals surface area contributed by atoms with E-state index in [0.29, 0.717) is 6.04 Å². The average Bonchev–Trinajstić information content (AvgIpc) is 3.00. The summed E-state index contributed by atoms with van der Waals surface area (Å²) in [5, 5.41) is 3.59. The van der Waals surface area contributed by atoms with Crippen LogP contribution in [0.4, 0.5) is 11.4 Å². The Hall–Kier alpha value is -1.18. The maximum atomic E-state index is 3.59. The van der Waals surface area contributed by atoms with Crippen molar-refractivity contribution < 1.29 is 0 Å². The van der Waals surface area contributed by atoms with E-state index in [9.17, 15) is 0 Å². The highest BCUT2D eigenvalue weighted by Gasteiger charge is 2.37. The average molecular weight is 242 g/mol. The van der Waals surface area contributed by atoms with Gasteiger partial charge in [-0.1, -0.05) is 0 Å². The third-order valence-electron chi connectivity index (χ3n) is 5.08. The van der Waals surface area contributed by atoms with Crippen molar-refractivity contribution in [3.8, 4) is 0 Å². The van der Waals surface area contributed by atoms with Crippen LogP contribution in [0.1, 0.15) is 38.2 Å². The first kappa shape index (κ1) is 10.7. The van der Waals surface area contributed by atoms with E-state index in [-0.39, 0.29) is 0 Å². The zero-order chi connectivity index (χ0) is 12.1. The van der Waals surface area contributed by atoms with Crippen molar-refractivity contribution in [2.24, 2.45) is 5.92 Å². The van der Waals surface area contributed by atoms with E-state index in [4.69, 9.17) is 0 Å². The fraction of sp³-hybridized carbons (Fsp3) is 0.625. The highest BCUT2D eigenvalue weighted by atomic mass is 15.2. The van der Waals surface area contributed by atoms with Gasteiger partial charge in [0.2, 0.25) is 0 Å². The number of rotatable bonds is 1. The highest BCUT2D eigenvalue weighted by molar-refractivity contribution is 5.63. The Kier molecular flexibility index (Phi) is 2.33. The van der Waals surface area contributed by atoms with E-state index < -0.39 is 0 Å². The summed E-state index contributed by atoms with van der Waals surface area (Å²) in [5.74, 6) is 0.976. The van der Waals surface area contributed by atoms with Crippen LogP contribution < -0.4 is 10.2 Å². The lowest BCUT2D eigenvalue weighted by Gasteiger charge is -2.31. The Morgan fingerprint density at radius 3 is 2.94 bits per heavy atom. The molecule has 2 bridgehead atoms. The lowest BCUT2D eigenvalue weighted by Crippen LogP contribution is -2.32. The molecule has 1 saturated carbocycles. The van der Waals surface area contributed by atoms with Crippen LogP contribution in [-0.2, 0) is 6.42 Å². The molecule has 2 heterocycles. The second kappa shape index (κ2) is 3.91. The molecule has 2 aliphatic heterocycles. The van der Waals surface area contributed by atoms with E-state index in [2.05, 4.69) is 35.3 Å². The largest absolute Gasteiger partial charge is 0.382 e. The van der Waals surface area contributed by atoms with Gasteiger partial charge in [-0.05, 0) is 68.7 Å². The summed E-state index contributed by atoms with van der Waals surface area (Å²) in [7, 11) is 0. The normalized spacial score (nSPS) is 33.4. The standard InChI is InChI=1S/C16H22N2/c1-11-2-4-13-9-15(6-7-16(13)17-11)18-10-12-3-5-14(18)8-12/h6-7,9,11-12,14,17H,2-5,8,10H2,1H3. The van der Waals surface area contributed by atoms with Crippen molar-refractivity contribution in [2.45, 2.75) is 51.1 Å². The molecule has 1 saturated heterocycles. The molecule has 2 heteroatoms. The van der Waals surface area contributed by atoms with Crippen LogP contribution in [0.15, 0.2) is 18.2 Å². The summed E-state index contributed by atoms with van der Waals surface area (Å²) in [6.07, 6.45) is 6.82. The summed E-state index contributed by atoms with van der Waals surface area (Å²) >= 11 is 0. The summed E-state index contributed by atoms with van der Waals surface area (Å²) in [6.45, 7) is 3.57. The first-order chi connectivity index (χ1) is 8.79. The first-order valence-corrected chi connectivity index (χ1v) is 7.46. The van der Waals surface area contributed by atoms with Crippen LogP contribution in [0, 0.1) is 5.92 Å². The second-order valence-electron chi connectivity index (χ2n) is 6.41. The number of hydrogen-bond acceptors (Lipinski definition) is 2. The molecular weight excluding hydrogens is 220 g/mol. The monoisotopic (exact) mass is 242 g/mol. The maximum absolute atomic E-state index is 3.59. The third-order valence-corrected chi connectivity index (χ3v) is 5.08. The molecule has 1 aromatic carbocycles. The van der Waals surface area contributed by atoms with Gasteiger partial charge in [0.15, 0.2) is 0 Å². The molecule has 96 valence electrons. The van der Waals surface area contributed by atoms with Crippen molar-refractivity contribution in [1.82, 2.24) is 0 Å². The molecule has 3 aliphatic rings. The quantitative estimate of drug-likeness (QED) is 0.811. The topological polar surface area (TPSA) is 15.3 Å². The molecule has 1 aliphatic carbocycles. The first-order valence-electron chi connectivity index (χ1n) is 7.46. The zero-order valence-corrected chi connectivity index (χ0v) is 11.2. The summed E-state index contributed by atoms with van der Waals surface area (Å²) in [4.78, 5) is 2.66. The predicted octanol–water partition coefficient (Wildman–Crippen LogP) is 3.42. The molecule has 3 atom stereocenters. The maximum Gasteiger partial charge on any atom is 0.0376 e. The Bertz CT molecular complexity index is 468. The minimum Gasteiger partial charge on any atom is -0.382 e. The fourth-order valence-electron chi connectivity index (χ4n) is 4.06. The van der Waals surface area contributed by atoms with Crippen LogP contribution in [0.3, 0.4) is 0 Å². The predicted molar refractivity (Wildman–Crippen MR) is 76.3 cm³/mol. The van der Waals surface area contributed by atoms with Gasteiger partial charge < -0.3 is 10.2 Å². The smallest absolute Gasteiger partial charge is 0.0376 e. The summed E-state index contributed by atoms with van der Waals surface area (Å²) in [5.41, 5.74) is 4.35. The number of nitrogens with zero attached hydrogens (tertiary/aromatic N) is 1. The zero-order valence-electron chi connectivity index (χ0n) is 11.2. The van der Waals surface area contributed by atoms with E-state index in [1.54, 1.807) is 0 Å². The Labute approximate surface area is 109 Å². The van der Waals surface area contributed by atoms with Crippen LogP contribution in [0.2, 0.25) is 0 Å². The van der Waals surface area contributed by atoms with Crippen LogP contribution in [0.5, 0.6) is 0 Å². The molecule has 1 N–H and O–H groups in total. The molecule has 0 radical (unpaired) electrons. The number of fused-ring (bicyclic) bond motifs is 3. The van der Waals surface area contributed by atoms with Crippen LogP contribution in [-0.4, -0.2) is 18.6 Å². The van der Waals surface area contributed by atoms with Gasteiger partial charge in [0.1, 0.15) is 0 Å². The fourth-order valence-corrected chi connectivity index (χ4v) is 4.06. The molecule has 2 fully saturated rings. The van der Waals surface area contributed by atoms with Crippen LogP contribution >= 0.6 is 0 Å². The number of anilines is 2. The Balaban J connectivity index is 1.63. The number of benzene rings is 1. The molecule has 0 amide bonds. The number of aryl methyl sites for hydroxylation is 1. The van der Waals surface area contributed by atoms with Crippen molar-refractivity contribution in [3.63, 3.8) is 0 Å². The lowest BCUT2D eigenvalue weighted by atomic mass is 9.98. The van der Waals surface area contributed by atoms with Gasteiger partial charge in [-0.3, -0.25) is 0 Å². The highest BCUT2D eigenvalue weighted by Crippen LogP contribution is 2.41. The van der Waals surface area contributed by atoms with Crippen molar-refractivity contribution in [1.29, 1.82) is 0 Å². The van der Waals surface area contributed by atoms with Crippen LogP contribution in [0.25, 0.3) is 0 Å². The minimum atomic E-state index is 0.631.